The van der Waals surface area contributed by atoms with Crippen molar-refractivity contribution in [2.75, 3.05) is 31.2 Å². The van der Waals surface area contributed by atoms with Crippen LogP contribution in [-0.4, -0.2) is 47.2 Å². The minimum atomic E-state index is -0.225. The van der Waals surface area contributed by atoms with Crippen LogP contribution in [0.2, 0.25) is 0 Å². The van der Waals surface area contributed by atoms with Crippen LogP contribution in [-0.2, 0) is 11.3 Å². The summed E-state index contributed by atoms with van der Waals surface area (Å²) in [5.74, 6) is 1.68. The van der Waals surface area contributed by atoms with E-state index in [2.05, 4.69) is 25.2 Å². The second-order valence-corrected chi connectivity index (χ2v) is 5.99. The minimum absolute atomic E-state index is 0.225. The molecule has 1 aliphatic heterocycles. The van der Waals surface area contributed by atoms with Crippen LogP contribution in [0.4, 0.5) is 5.82 Å². The van der Waals surface area contributed by atoms with Crippen LogP contribution < -0.4 is 10.2 Å². The number of oxazole rings is 1. The number of nitrogens with one attached hydrogen (secondary N) is 1. The van der Waals surface area contributed by atoms with Gasteiger partial charge < -0.3 is 19.4 Å². The molecule has 126 valence electrons. The van der Waals surface area contributed by atoms with Crippen LogP contribution >= 0.6 is 0 Å². The molecule has 2 aliphatic rings. The Morgan fingerprint density at radius 3 is 2.88 bits per heavy atom. The van der Waals surface area contributed by atoms with Gasteiger partial charge in [0.1, 0.15) is 17.9 Å². The van der Waals surface area contributed by atoms with Gasteiger partial charge in [0.2, 0.25) is 0 Å². The molecule has 1 N–H and O–H groups in total. The molecule has 1 aliphatic carbocycles. The summed E-state index contributed by atoms with van der Waals surface area (Å²) in [5.41, 5.74) is 1.15. The van der Waals surface area contributed by atoms with Gasteiger partial charge in [0.25, 0.3) is 5.91 Å². The summed E-state index contributed by atoms with van der Waals surface area (Å²) in [5, 5.41) is 2.86. The fourth-order valence-electron chi connectivity index (χ4n) is 2.76. The Balaban J connectivity index is 1.40. The van der Waals surface area contributed by atoms with Crippen LogP contribution in [0.1, 0.15) is 40.7 Å². The summed E-state index contributed by atoms with van der Waals surface area (Å²) in [6, 6.07) is 1.90. The fraction of sp³-hybridized carbons (Fsp3) is 0.500. The molecule has 24 heavy (non-hydrogen) atoms. The lowest BCUT2D eigenvalue weighted by Gasteiger charge is -2.27. The van der Waals surface area contributed by atoms with Gasteiger partial charge in [0.15, 0.2) is 12.1 Å². The molecule has 1 saturated heterocycles. The molecule has 4 rings (SSSR count). The predicted molar refractivity (Wildman–Crippen MR) is 84.7 cm³/mol. The van der Waals surface area contributed by atoms with Gasteiger partial charge in [-0.2, -0.15) is 0 Å². The molecule has 0 bridgehead atoms. The highest BCUT2D eigenvalue weighted by Gasteiger charge is 2.32. The summed E-state index contributed by atoms with van der Waals surface area (Å²) in [6.45, 7) is 3.35. The maximum Gasteiger partial charge on any atom is 0.273 e. The van der Waals surface area contributed by atoms with E-state index >= 15 is 0 Å². The predicted octanol–water partition coefficient (Wildman–Crippen LogP) is 1.11. The number of nitrogens with zero attached hydrogens (tertiary/aromatic N) is 4. The maximum absolute atomic E-state index is 12.3. The van der Waals surface area contributed by atoms with Gasteiger partial charge in [-0.3, -0.25) is 4.79 Å². The third kappa shape index (κ3) is 3.23. The first-order valence-corrected chi connectivity index (χ1v) is 8.16. The third-order valence-electron chi connectivity index (χ3n) is 4.23. The zero-order valence-corrected chi connectivity index (χ0v) is 13.3. The van der Waals surface area contributed by atoms with Crippen molar-refractivity contribution in [3.8, 4) is 0 Å². The number of carbonyl (C=O) groups excluding carboxylic acids is 1. The van der Waals surface area contributed by atoms with Crippen molar-refractivity contribution in [2.45, 2.75) is 25.3 Å². The van der Waals surface area contributed by atoms with Crippen molar-refractivity contribution >= 4 is 11.7 Å². The van der Waals surface area contributed by atoms with Gasteiger partial charge in [-0.15, -0.1) is 0 Å². The number of ether oxygens (including phenoxy) is 1. The molecule has 2 aromatic heterocycles. The highest BCUT2D eigenvalue weighted by atomic mass is 16.5. The summed E-state index contributed by atoms with van der Waals surface area (Å²) in [7, 11) is 0. The first-order chi connectivity index (χ1) is 11.8. The molecule has 3 heterocycles. The molecular weight excluding hydrogens is 310 g/mol. The van der Waals surface area contributed by atoms with E-state index in [9.17, 15) is 4.79 Å². The van der Waals surface area contributed by atoms with Gasteiger partial charge in [0.05, 0.1) is 25.5 Å². The van der Waals surface area contributed by atoms with Crippen molar-refractivity contribution in [3.05, 3.63) is 35.9 Å². The molecule has 0 unspecified atom stereocenters. The number of hydrogen-bond acceptors (Lipinski definition) is 7. The summed E-state index contributed by atoms with van der Waals surface area (Å²) < 4.78 is 10.7. The average Bonchev–Trinajstić information content (AvgIpc) is 3.37. The van der Waals surface area contributed by atoms with Crippen LogP contribution in [0.3, 0.4) is 0 Å². The zero-order chi connectivity index (χ0) is 16.4. The van der Waals surface area contributed by atoms with E-state index in [1.807, 2.05) is 6.07 Å². The molecule has 0 radical (unpaired) electrons. The molecule has 2 aromatic rings. The van der Waals surface area contributed by atoms with Crippen LogP contribution in [0, 0.1) is 0 Å². The largest absolute Gasteiger partial charge is 0.447 e. The smallest absolute Gasteiger partial charge is 0.273 e. The van der Waals surface area contributed by atoms with Crippen molar-refractivity contribution in [3.63, 3.8) is 0 Å². The number of rotatable bonds is 5. The summed E-state index contributed by atoms with van der Waals surface area (Å²) in [4.78, 5) is 27.0. The van der Waals surface area contributed by atoms with Gasteiger partial charge in [-0.25, -0.2) is 15.0 Å². The average molecular weight is 329 g/mol. The highest BCUT2D eigenvalue weighted by Crippen LogP contribution is 2.41. The van der Waals surface area contributed by atoms with E-state index in [-0.39, 0.29) is 5.91 Å². The first-order valence-electron chi connectivity index (χ1n) is 8.16. The number of carbonyl (C=O) groups is 1. The monoisotopic (exact) mass is 329 g/mol. The van der Waals surface area contributed by atoms with Crippen LogP contribution in [0.15, 0.2) is 23.2 Å². The molecule has 1 amide bonds. The van der Waals surface area contributed by atoms with Crippen molar-refractivity contribution in [2.24, 2.45) is 0 Å². The zero-order valence-electron chi connectivity index (χ0n) is 13.3. The topological polar surface area (TPSA) is 93.4 Å². The standard InChI is InChI=1S/C16H19N5O3/c22-16(14-15(11-1-2-11)24-10-20-14)17-8-12-7-13(19-9-18-12)21-3-5-23-6-4-21/h7,9-11H,1-6,8H2,(H,17,22). The van der Waals surface area contributed by atoms with Crippen molar-refractivity contribution < 1.29 is 13.9 Å². The van der Waals surface area contributed by atoms with Crippen LogP contribution in [0.5, 0.6) is 0 Å². The quantitative estimate of drug-likeness (QED) is 0.878. The Morgan fingerprint density at radius 1 is 1.25 bits per heavy atom. The van der Waals surface area contributed by atoms with Crippen LogP contribution in [0.25, 0.3) is 0 Å². The van der Waals surface area contributed by atoms with Gasteiger partial charge >= 0.3 is 0 Å². The second-order valence-electron chi connectivity index (χ2n) is 5.99. The Labute approximate surface area is 139 Å². The summed E-state index contributed by atoms with van der Waals surface area (Å²) in [6.07, 6.45) is 4.98. The van der Waals surface area contributed by atoms with Gasteiger partial charge in [0, 0.05) is 25.1 Å². The Bertz CT molecular complexity index is 722. The van der Waals surface area contributed by atoms with E-state index in [0.717, 1.165) is 37.4 Å². The lowest BCUT2D eigenvalue weighted by Crippen LogP contribution is -2.37. The third-order valence-corrected chi connectivity index (χ3v) is 4.23. The second kappa shape index (κ2) is 6.56. The van der Waals surface area contributed by atoms with E-state index < -0.39 is 0 Å². The molecule has 2 fully saturated rings. The van der Waals surface area contributed by atoms with E-state index in [0.29, 0.717) is 37.1 Å². The molecule has 0 spiro atoms. The summed E-state index contributed by atoms with van der Waals surface area (Å²) >= 11 is 0. The Morgan fingerprint density at radius 2 is 2.08 bits per heavy atom. The van der Waals surface area contributed by atoms with Gasteiger partial charge in [-0.05, 0) is 12.8 Å². The number of aromatic nitrogens is 3. The maximum atomic E-state index is 12.3. The molecular formula is C16H19N5O3. The number of morpholine rings is 1. The SMILES string of the molecule is O=C(NCc1cc(N2CCOCC2)ncn1)c1ncoc1C1CC1. The van der Waals surface area contributed by atoms with Crippen molar-refractivity contribution in [1.82, 2.24) is 20.3 Å². The lowest BCUT2D eigenvalue weighted by atomic mass is 10.2. The Kier molecular flexibility index (Phi) is 4.12. The number of amides is 1. The molecule has 8 nitrogen and oxygen atoms in total. The molecule has 0 aromatic carbocycles. The van der Waals surface area contributed by atoms with E-state index in [1.165, 1.54) is 12.7 Å². The number of hydrogen-bond donors (Lipinski definition) is 1. The molecule has 8 heteroatoms. The first kappa shape index (κ1) is 15.1. The normalized spacial score (nSPS) is 17.8. The fourth-order valence-corrected chi connectivity index (χ4v) is 2.76. The molecule has 0 atom stereocenters. The van der Waals surface area contributed by atoms with E-state index in [4.69, 9.17) is 9.15 Å². The lowest BCUT2D eigenvalue weighted by molar-refractivity contribution is 0.0944. The Hall–Kier alpha value is -2.48. The van der Waals surface area contributed by atoms with Gasteiger partial charge in [-0.1, -0.05) is 0 Å². The highest BCUT2D eigenvalue weighted by molar-refractivity contribution is 5.93. The minimum Gasteiger partial charge on any atom is -0.447 e. The molecule has 1 saturated carbocycles. The van der Waals surface area contributed by atoms with Crippen molar-refractivity contribution in [1.29, 1.82) is 0 Å². The number of anilines is 1. The van der Waals surface area contributed by atoms with E-state index in [1.54, 1.807) is 0 Å².